The highest BCUT2D eigenvalue weighted by molar-refractivity contribution is 6.02. The van der Waals surface area contributed by atoms with Crippen LogP contribution in [-0.4, -0.2) is 195 Å². The number of unbranched alkanes of at least 4 members (excludes halogenated alkanes) is 4. The predicted molar refractivity (Wildman–Crippen MR) is 311 cm³/mol. The zero-order valence-corrected chi connectivity index (χ0v) is 48.0. The lowest BCUT2D eigenvalue weighted by atomic mass is 10.1. The van der Waals surface area contributed by atoms with Crippen molar-refractivity contribution < 1.29 is 53.1 Å². The van der Waals surface area contributed by atoms with Gasteiger partial charge in [0, 0.05) is 32.6 Å². The highest BCUT2D eigenvalue weighted by atomic mass is 16.3. The molecular weight excluding hydrogens is 1080 g/mol. The fourth-order valence-corrected chi connectivity index (χ4v) is 8.46. The van der Waals surface area contributed by atoms with Crippen LogP contribution in [0.15, 0.2) is 11.8 Å². The van der Waals surface area contributed by atoms with Gasteiger partial charge in [-0.05, 0) is 136 Å². The second kappa shape index (κ2) is 42.7. The van der Waals surface area contributed by atoms with Crippen molar-refractivity contribution in [3.8, 4) is 12.3 Å². The Balaban J connectivity index is 3.27. The molecule has 9 atom stereocenters. The molecule has 1 rings (SSSR count). The monoisotopic (exact) mass is 1180 g/mol. The van der Waals surface area contributed by atoms with E-state index in [2.05, 4.69) is 59.1 Å². The van der Waals surface area contributed by atoms with E-state index >= 15 is 0 Å². The van der Waals surface area contributed by atoms with Gasteiger partial charge in [0.2, 0.25) is 53.2 Å². The van der Waals surface area contributed by atoms with Crippen LogP contribution in [0.25, 0.3) is 0 Å². The molecule has 1 fully saturated rings. The van der Waals surface area contributed by atoms with Crippen LogP contribution in [-0.2, 0) is 47.9 Å². The van der Waals surface area contributed by atoms with Crippen LogP contribution in [0.4, 0.5) is 0 Å². The number of guanidine groups is 1. The maximum Gasteiger partial charge on any atom is 0.268 e. The van der Waals surface area contributed by atoms with Gasteiger partial charge < -0.3 is 109 Å². The van der Waals surface area contributed by atoms with Gasteiger partial charge in [-0.15, -0.1) is 12.3 Å². The summed E-state index contributed by atoms with van der Waals surface area (Å²) in [7, 11) is 0. The number of aliphatic hydroxyl groups excluding tert-OH is 1. The summed E-state index contributed by atoms with van der Waals surface area (Å²) in [6.07, 6.45) is 10.8. The fourth-order valence-electron chi connectivity index (χ4n) is 8.46. The number of nitrogens with zero attached hydrogens (tertiary/aromatic N) is 1. The summed E-state index contributed by atoms with van der Waals surface area (Å²) < 4.78 is 0. The van der Waals surface area contributed by atoms with Gasteiger partial charge in [0.15, 0.2) is 5.96 Å². The zero-order chi connectivity index (χ0) is 62.3. The molecule has 31 heteroatoms. The molecule has 4 unspecified atom stereocenters. The van der Waals surface area contributed by atoms with Gasteiger partial charge >= 0.3 is 0 Å². The number of carbonyl (C=O) groups excluding carboxylic acids is 10. The lowest BCUT2D eigenvalue weighted by molar-refractivity contribution is -0.142. The van der Waals surface area contributed by atoms with Crippen LogP contribution in [0, 0.1) is 17.8 Å². The molecule has 0 saturated carbocycles. The number of aliphatic hydroxyl groups is 1. The molecule has 28 N–H and O–H groups in total. The smallest absolute Gasteiger partial charge is 0.268 e. The first-order chi connectivity index (χ1) is 39.6. The van der Waals surface area contributed by atoms with Gasteiger partial charge in [0.1, 0.15) is 48.0 Å². The van der Waals surface area contributed by atoms with Gasteiger partial charge in [-0.1, -0.05) is 12.5 Å². The van der Waals surface area contributed by atoms with Gasteiger partial charge in [0.05, 0.1) is 18.7 Å². The van der Waals surface area contributed by atoms with E-state index in [0.717, 1.165) is 0 Å². The number of carbonyl (C=O) groups is 10. The van der Waals surface area contributed by atoms with Crippen LogP contribution in [0.3, 0.4) is 0 Å². The van der Waals surface area contributed by atoms with Gasteiger partial charge in [-0.2, -0.15) is 0 Å². The van der Waals surface area contributed by atoms with Crippen molar-refractivity contribution in [3.05, 3.63) is 11.8 Å². The van der Waals surface area contributed by atoms with Gasteiger partial charge in [0.25, 0.3) is 5.91 Å². The number of likely N-dealkylation sites (tertiary alicyclic amines) is 1. The van der Waals surface area contributed by atoms with Crippen molar-refractivity contribution in [1.29, 1.82) is 5.41 Å². The van der Waals surface area contributed by atoms with Crippen LogP contribution in [0.2, 0.25) is 0 Å². The highest BCUT2D eigenvalue weighted by Gasteiger charge is 2.40. The first-order valence-corrected chi connectivity index (χ1v) is 28.5. The van der Waals surface area contributed by atoms with E-state index in [1.807, 2.05) is 0 Å². The molecule has 0 bridgehead atoms. The van der Waals surface area contributed by atoms with Crippen molar-refractivity contribution in [2.24, 2.45) is 45.9 Å². The Kier molecular flexibility index (Phi) is 38.1. The molecule has 0 aromatic rings. The minimum atomic E-state index is -1.57. The normalized spacial score (nSPS) is 15.9. The van der Waals surface area contributed by atoms with Crippen molar-refractivity contribution in [3.63, 3.8) is 0 Å². The third kappa shape index (κ3) is 29.2. The molecule has 0 aromatic heterocycles. The first kappa shape index (κ1) is 74.0. The van der Waals surface area contributed by atoms with Crippen LogP contribution in [0.1, 0.15) is 116 Å². The van der Waals surface area contributed by atoms with E-state index in [1.165, 1.54) is 17.9 Å². The highest BCUT2D eigenvalue weighted by Crippen LogP contribution is 2.20. The zero-order valence-electron chi connectivity index (χ0n) is 48.0. The number of hydrogen-bond acceptors (Lipinski definition) is 19. The third-order valence-electron chi connectivity index (χ3n) is 13.2. The number of rotatable bonds is 43. The summed E-state index contributed by atoms with van der Waals surface area (Å²) in [5, 5.41) is 43.5. The van der Waals surface area contributed by atoms with E-state index in [-0.39, 0.29) is 89.2 Å². The van der Waals surface area contributed by atoms with E-state index < -0.39 is 127 Å². The molecule has 0 aromatic carbocycles. The summed E-state index contributed by atoms with van der Waals surface area (Å²) in [5.74, 6) is -5.74. The van der Waals surface area contributed by atoms with Crippen molar-refractivity contribution in [1.82, 2.24) is 58.1 Å². The Labute approximate surface area is 486 Å². The van der Waals surface area contributed by atoms with Crippen LogP contribution >= 0.6 is 0 Å². The Morgan fingerprint density at radius 2 is 1.23 bits per heavy atom. The second-order valence-corrected chi connectivity index (χ2v) is 20.0. The van der Waals surface area contributed by atoms with E-state index in [4.69, 9.17) is 57.7 Å². The number of hydrogen-bond donors (Lipinski definition) is 20. The minimum absolute atomic E-state index is 0.0214. The second-order valence-electron chi connectivity index (χ2n) is 20.0. The summed E-state index contributed by atoms with van der Waals surface area (Å²) >= 11 is 0. The standard InChI is InChI=1S/C52H96N20O11/c1-3-15-34(46(78)68-36(18-6-9-24-55)47(79)69-37(20-13-28-63-52(60)61)48(80)67-35(17-5-8-23-54)45(77)62-27-11-10-25-56)70-49(81)39-21-14-29-72(39)51(83)38(19-12-26-57)66-41(74)31-64-43(75)32(2)65-50(82)42(40(73)30-58)71-44(76)33(59)16-4-7-22-53/h1,20,32-36,38-40,42,73H,4-19,21-31,53-59H2,2H3,(H,62,77)(H,64,75)(H,65,82)(H,66,74)(H,67,80)(H,68,78)(H,69,79)(H,70,81)(H,71,76)(H4,60,61,63)/b37-20-/t32?,33?,34?,35-,36-,38+,39-,40?,42-/m0/s1. The lowest BCUT2D eigenvalue weighted by Gasteiger charge is -2.30. The number of nitrogens with two attached hydrogens (primary N) is 8. The largest absolute Gasteiger partial charge is 0.389 e. The van der Waals surface area contributed by atoms with Crippen molar-refractivity contribution >= 4 is 65.0 Å². The Hall–Kier alpha value is -7.05. The fraction of sp³-hybridized carbons (Fsp3) is 0.712. The van der Waals surface area contributed by atoms with Gasteiger partial charge in [-0.3, -0.25) is 53.4 Å². The summed E-state index contributed by atoms with van der Waals surface area (Å²) in [5.41, 5.74) is 45.0. The molecule has 0 aliphatic carbocycles. The summed E-state index contributed by atoms with van der Waals surface area (Å²) in [4.78, 5) is 137. The van der Waals surface area contributed by atoms with Crippen LogP contribution < -0.4 is 99.0 Å². The average Bonchev–Trinajstić information content (AvgIpc) is 4.09. The molecule has 470 valence electrons. The van der Waals surface area contributed by atoms with Gasteiger partial charge in [-0.25, -0.2) is 0 Å². The van der Waals surface area contributed by atoms with Crippen molar-refractivity contribution in [2.75, 3.05) is 65.4 Å². The number of amides is 10. The lowest BCUT2D eigenvalue weighted by Crippen LogP contribution is -2.60. The number of terminal acetylenes is 1. The maximum absolute atomic E-state index is 14.2. The molecule has 10 amide bonds. The van der Waals surface area contributed by atoms with Crippen molar-refractivity contribution in [2.45, 2.75) is 171 Å². The quantitative estimate of drug-likeness (QED) is 0.00887. The molecular formula is C52H96N20O11. The Morgan fingerprint density at radius 1 is 0.639 bits per heavy atom. The Morgan fingerprint density at radius 3 is 1.82 bits per heavy atom. The molecule has 0 radical (unpaired) electrons. The Bertz CT molecular complexity index is 2170. The van der Waals surface area contributed by atoms with Crippen LogP contribution in [0.5, 0.6) is 0 Å². The number of nitrogens with one attached hydrogen (secondary N) is 11. The maximum atomic E-state index is 14.2. The molecule has 1 aliphatic rings. The SMILES string of the molecule is C#CCC(NC(=O)[C@@H]1CCCN1C(=O)[C@@H](CCCN)NC(=O)CNC(=O)C(C)NC(=O)[C@@H](NC(=O)C(N)CCCCN)C(O)CN)C(=O)N[C@@H](CCCCN)C(=O)N/C(=C\CCNC(=N)N)C(=O)N[C@@H](CCCCN)C(=O)NCCCCN. The minimum Gasteiger partial charge on any atom is -0.389 e. The average molecular weight is 1180 g/mol. The molecule has 0 spiro atoms. The summed E-state index contributed by atoms with van der Waals surface area (Å²) in [6, 6.07) is -10.0. The third-order valence-corrected chi connectivity index (χ3v) is 13.2. The van der Waals surface area contributed by atoms with E-state index in [9.17, 15) is 53.1 Å². The van der Waals surface area contributed by atoms with E-state index in [1.54, 1.807) is 0 Å². The molecule has 31 nitrogen and oxygen atoms in total. The molecule has 1 aliphatic heterocycles. The predicted octanol–water partition coefficient (Wildman–Crippen LogP) is -7.45. The molecule has 1 saturated heterocycles. The van der Waals surface area contributed by atoms with E-state index in [0.29, 0.717) is 84.0 Å². The molecule has 83 heavy (non-hydrogen) atoms. The first-order valence-electron chi connectivity index (χ1n) is 28.5. The topological polar surface area (TPSA) is 546 Å². The summed E-state index contributed by atoms with van der Waals surface area (Å²) in [6.45, 7) is 2.25. The molecule has 1 heterocycles.